The van der Waals surface area contributed by atoms with Crippen molar-refractivity contribution < 1.29 is 4.42 Å². The van der Waals surface area contributed by atoms with Crippen LogP contribution in [0.1, 0.15) is 30.0 Å². The second-order valence-electron chi connectivity index (χ2n) is 4.29. The van der Waals surface area contributed by atoms with Crippen molar-refractivity contribution >= 4 is 0 Å². The van der Waals surface area contributed by atoms with Gasteiger partial charge in [-0.05, 0) is 31.9 Å². The van der Waals surface area contributed by atoms with Crippen molar-refractivity contribution in [2.75, 3.05) is 6.54 Å². The van der Waals surface area contributed by atoms with Crippen molar-refractivity contribution in [3.63, 3.8) is 0 Å². The van der Waals surface area contributed by atoms with Crippen LogP contribution in [0.25, 0.3) is 11.3 Å². The molecule has 0 atom stereocenters. The van der Waals surface area contributed by atoms with Crippen LogP contribution >= 0.6 is 0 Å². The summed E-state index contributed by atoms with van der Waals surface area (Å²) in [7, 11) is 0. The fraction of sp³-hybridized carbons (Fsp3) is 0.417. The van der Waals surface area contributed by atoms with E-state index in [-0.39, 0.29) is 0 Å². The molecule has 0 aromatic carbocycles. The summed E-state index contributed by atoms with van der Waals surface area (Å²) in [5, 5.41) is 7.56. The topological polar surface area (TPSA) is 67.8 Å². The van der Waals surface area contributed by atoms with E-state index in [1.807, 2.05) is 6.07 Å². The molecule has 0 bridgehead atoms. The van der Waals surface area contributed by atoms with Crippen molar-refractivity contribution in [1.29, 1.82) is 0 Å². The van der Waals surface area contributed by atoms with E-state index in [1.165, 1.54) is 24.1 Å². The number of aromatic nitrogens is 2. The van der Waals surface area contributed by atoms with Gasteiger partial charge in [0.1, 0.15) is 0 Å². The third-order valence-electron chi connectivity index (χ3n) is 3.07. The molecule has 0 unspecified atom stereocenters. The molecule has 0 radical (unpaired) electrons. The van der Waals surface area contributed by atoms with Crippen LogP contribution in [0.4, 0.5) is 0 Å². The first-order chi connectivity index (χ1) is 7.90. The molecule has 2 aromatic rings. The SMILES string of the molecule is NCCc1c(-c2ccoc2)n[nH]c1C1CC1. The van der Waals surface area contributed by atoms with E-state index >= 15 is 0 Å². The minimum atomic E-state index is 0.657. The highest BCUT2D eigenvalue weighted by molar-refractivity contribution is 5.63. The predicted molar refractivity (Wildman–Crippen MR) is 61.0 cm³/mol. The zero-order valence-corrected chi connectivity index (χ0v) is 9.07. The average molecular weight is 217 g/mol. The van der Waals surface area contributed by atoms with E-state index < -0.39 is 0 Å². The summed E-state index contributed by atoms with van der Waals surface area (Å²) < 4.78 is 5.10. The molecule has 0 spiro atoms. The van der Waals surface area contributed by atoms with E-state index in [0.717, 1.165) is 17.7 Å². The highest BCUT2D eigenvalue weighted by atomic mass is 16.3. The molecule has 3 N–H and O–H groups in total. The van der Waals surface area contributed by atoms with Gasteiger partial charge in [-0.3, -0.25) is 5.10 Å². The maximum atomic E-state index is 5.67. The quantitative estimate of drug-likeness (QED) is 0.823. The number of H-pyrrole nitrogens is 1. The number of nitrogens with two attached hydrogens (primary N) is 1. The van der Waals surface area contributed by atoms with Gasteiger partial charge in [0.15, 0.2) is 0 Å². The summed E-state index contributed by atoms with van der Waals surface area (Å²) in [6, 6.07) is 1.94. The monoisotopic (exact) mass is 217 g/mol. The Bertz CT molecular complexity index is 468. The molecule has 1 aliphatic rings. The summed E-state index contributed by atoms with van der Waals surface area (Å²) in [5.74, 6) is 0.676. The van der Waals surface area contributed by atoms with E-state index in [0.29, 0.717) is 12.5 Å². The number of nitrogens with zero attached hydrogens (tertiary/aromatic N) is 1. The molecule has 3 rings (SSSR count). The summed E-state index contributed by atoms with van der Waals surface area (Å²) >= 11 is 0. The van der Waals surface area contributed by atoms with Crippen LogP contribution in [-0.2, 0) is 6.42 Å². The number of furan rings is 1. The molecule has 2 heterocycles. The molecule has 0 aliphatic heterocycles. The molecule has 0 amide bonds. The second-order valence-corrected chi connectivity index (χ2v) is 4.29. The van der Waals surface area contributed by atoms with Crippen molar-refractivity contribution in [3.05, 3.63) is 29.9 Å². The van der Waals surface area contributed by atoms with E-state index in [4.69, 9.17) is 10.2 Å². The minimum Gasteiger partial charge on any atom is -0.472 e. The molecule has 0 saturated heterocycles. The number of nitrogens with one attached hydrogen (secondary N) is 1. The lowest BCUT2D eigenvalue weighted by molar-refractivity contribution is 0.568. The number of hydrogen-bond donors (Lipinski definition) is 2. The highest BCUT2D eigenvalue weighted by Crippen LogP contribution is 2.42. The maximum absolute atomic E-state index is 5.67. The zero-order chi connectivity index (χ0) is 11.0. The van der Waals surface area contributed by atoms with Gasteiger partial charge in [0, 0.05) is 22.7 Å². The highest BCUT2D eigenvalue weighted by Gasteiger charge is 2.29. The van der Waals surface area contributed by atoms with Crippen LogP contribution in [0, 0.1) is 0 Å². The summed E-state index contributed by atoms with van der Waals surface area (Å²) in [6.07, 6.45) is 6.82. The predicted octanol–water partition coefficient (Wildman–Crippen LogP) is 2.05. The fourth-order valence-corrected chi connectivity index (χ4v) is 2.12. The molecular weight excluding hydrogens is 202 g/mol. The van der Waals surface area contributed by atoms with Gasteiger partial charge < -0.3 is 10.2 Å². The molecule has 16 heavy (non-hydrogen) atoms. The number of aromatic amines is 1. The third-order valence-corrected chi connectivity index (χ3v) is 3.07. The summed E-state index contributed by atoms with van der Waals surface area (Å²) in [5.41, 5.74) is 10.3. The Balaban J connectivity index is 2.03. The largest absolute Gasteiger partial charge is 0.472 e. The molecule has 4 heteroatoms. The van der Waals surface area contributed by atoms with Gasteiger partial charge in [0.25, 0.3) is 0 Å². The molecule has 84 valence electrons. The Morgan fingerprint density at radius 3 is 3.00 bits per heavy atom. The van der Waals surface area contributed by atoms with Gasteiger partial charge in [-0.2, -0.15) is 5.10 Å². The molecular formula is C12H15N3O. The van der Waals surface area contributed by atoms with Gasteiger partial charge >= 0.3 is 0 Å². The average Bonchev–Trinajstić information content (AvgIpc) is 2.84. The van der Waals surface area contributed by atoms with Crippen molar-refractivity contribution in [2.45, 2.75) is 25.2 Å². The van der Waals surface area contributed by atoms with Crippen LogP contribution in [-0.4, -0.2) is 16.7 Å². The standard InChI is InChI=1S/C12H15N3O/c13-5-3-10-11(8-1-2-8)14-15-12(10)9-4-6-16-7-9/h4,6-8H,1-3,5,13H2,(H,14,15). The Hall–Kier alpha value is -1.55. The second kappa shape index (κ2) is 3.79. The van der Waals surface area contributed by atoms with Crippen molar-refractivity contribution in [2.24, 2.45) is 5.73 Å². The van der Waals surface area contributed by atoms with E-state index in [1.54, 1.807) is 12.5 Å². The lowest BCUT2D eigenvalue weighted by Gasteiger charge is -2.01. The maximum Gasteiger partial charge on any atom is 0.0997 e. The smallest absolute Gasteiger partial charge is 0.0997 e. The number of hydrogen-bond acceptors (Lipinski definition) is 3. The first-order valence-corrected chi connectivity index (χ1v) is 5.70. The first kappa shape index (κ1) is 9.66. The van der Waals surface area contributed by atoms with Crippen molar-refractivity contribution in [3.8, 4) is 11.3 Å². The zero-order valence-electron chi connectivity index (χ0n) is 9.07. The normalized spacial score (nSPS) is 15.6. The Morgan fingerprint density at radius 2 is 2.38 bits per heavy atom. The summed E-state index contributed by atoms with van der Waals surface area (Å²) in [4.78, 5) is 0. The Labute approximate surface area is 93.8 Å². The first-order valence-electron chi connectivity index (χ1n) is 5.70. The lowest BCUT2D eigenvalue weighted by Crippen LogP contribution is -2.04. The van der Waals surface area contributed by atoms with Crippen LogP contribution < -0.4 is 5.73 Å². The van der Waals surface area contributed by atoms with Gasteiger partial charge in [0.2, 0.25) is 0 Å². The molecule has 1 fully saturated rings. The van der Waals surface area contributed by atoms with Gasteiger partial charge in [0.05, 0.1) is 18.2 Å². The van der Waals surface area contributed by atoms with E-state index in [9.17, 15) is 0 Å². The van der Waals surface area contributed by atoms with Gasteiger partial charge in [-0.25, -0.2) is 0 Å². The molecule has 1 saturated carbocycles. The van der Waals surface area contributed by atoms with Crippen LogP contribution in [0.3, 0.4) is 0 Å². The third kappa shape index (κ3) is 1.55. The van der Waals surface area contributed by atoms with Crippen LogP contribution in [0.15, 0.2) is 23.0 Å². The van der Waals surface area contributed by atoms with Crippen molar-refractivity contribution in [1.82, 2.24) is 10.2 Å². The Kier molecular flexibility index (Phi) is 2.29. The number of rotatable bonds is 4. The summed E-state index contributed by atoms with van der Waals surface area (Å²) in [6.45, 7) is 0.657. The van der Waals surface area contributed by atoms with Gasteiger partial charge in [-0.1, -0.05) is 0 Å². The fourth-order valence-electron chi connectivity index (χ4n) is 2.12. The van der Waals surface area contributed by atoms with Crippen LogP contribution in [0.5, 0.6) is 0 Å². The van der Waals surface area contributed by atoms with Crippen LogP contribution in [0.2, 0.25) is 0 Å². The molecule has 4 nitrogen and oxygen atoms in total. The lowest BCUT2D eigenvalue weighted by atomic mass is 10.0. The van der Waals surface area contributed by atoms with E-state index in [2.05, 4.69) is 10.2 Å². The molecule has 2 aromatic heterocycles. The van der Waals surface area contributed by atoms with Gasteiger partial charge in [-0.15, -0.1) is 0 Å². The molecule has 1 aliphatic carbocycles. The Morgan fingerprint density at radius 1 is 1.50 bits per heavy atom. The minimum absolute atomic E-state index is 0.657.